The number of fused-ring (bicyclic) bond motifs is 2. The van der Waals surface area contributed by atoms with Crippen LogP contribution in [-0.4, -0.2) is 16.7 Å². The zero-order valence-electron chi connectivity index (χ0n) is 16.3. The van der Waals surface area contributed by atoms with Gasteiger partial charge >= 0.3 is 0 Å². The first-order valence-electron chi connectivity index (χ1n) is 9.76. The van der Waals surface area contributed by atoms with Gasteiger partial charge in [0, 0.05) is 26.6 Å². The summed E-state index contributed by atoms with van der Waals surface area (Å²) in [7, 11) is 0. The summed E-state index contributed by atoms with van der Waals surface area (Å²) >= 11 is 1.52. The molecule has 1 aliphatic rings. The van der Waals surface area contributed by atoms with E-state index in [1.54, 1.807) is 18.2 Å². The molecule has 5 heteroatoms. The number of carbonyl (C=O) groups is 2. The number of phenols is 1. The Kier molecular flexibility index (Phi) is 4.81. The summed E-state index contributed by atoms with van der Waals surface area (Å²) in [6.45, 7) is 0. The van der Waals surface area contributed by atoms with Crippen molar-refractivity contribution in [3.63, 3.8) is 0 Å². The minimum absolute atomic E-state index is 0.0419. The van der Waals surface area contributed by atoms with E-state index in [9.17, 15) is 14.7 Å². The second-order valence-electron chi connectivity index (χ2n) is 7.15. The van der Waals surface area contributed by atoms with E-state index in [0.717, 1.165) is 15.5 Å². The molecule has 31 heavy (non-hydrogen) atoms. The third-order valence-electron chi connectivity index (χ3n) is 5.15. The zero-order chi connectivity index (χ0) is 21.4. The van der Waals surface area contributed by atoms with Crippen LogP contribution >= 0.6 is 11.8 Å². The van der Waals surface area contributed by atoms with Gasteiger partial charge in [-0.05, 0) is 54.6 Å². The Labute approximate surface area is 183 Å². The number of hydrogen-bond acceptors (Lipinski definition) is 5. The standard InChI is InChI=1S/C26H17NO3S/c28-22-14-13-21(27-16-7-3-1-4-8-16)23-24(22)26(30)20-15-18(11-12-19(20)25(23)29)31-17-9-5-2-6-10-17/h1-15,27-28H. The Hall–Kier alpha value is -3.83. The van der Waals surface area contributed by atoms with Crippen LogP contribution in [0.4, 0.5) is 11.4 Å². The number of carbonyl (C=O) groups excluding carboxylic acids is 2. The maximum atomic E-state index is 13.4. The van der Waals surface area contributed by atoms with Gasteiger partial charge in [-0.15, -0.1) is 0 Å². The largest absolute Gasteiger partial charge is 0.507 e. The fourth-order valence-corrected chi connectivity index (χ4v) is 4.58. The minimum atomic E-state index is -0.352. The molecule has 0 saturated heterocycles. The van der Waals surface area contributed by atoms with E-state index >= 15 is 0 Å². The summed E-state index contributed by atoms with van der Waals surface area (Å²) in [6, 6.07) is 27.5. The number of ketones is 2. The van der Waals surface area contributed by atoms with Crippen LogP contribution in [0.3, 0.4) is 0 Å². The molecule has 4 aromatic rings. The highest BCUT2D eigenvalue weighted by atomic mass is 32.2. The second-order valence-corrected chi connectivity index (χ2v) is 8.30. The molecule has 0 saturated carbocycles. The fourth-order valence-electron chi connectivity index (χ4n) is 3.71. The van der Waals surface area contributed by atoms with Gasteiger partial charge in [0.15, 0.2) is 11.6 Å². The molecule has 0 radical (unpaired) electrons. The zero-order valence-corrected chi connectivity index (χ0v) is 17.1. The van der Waals surface area contributed by atoms with Gasteiger partial charge in [-0.1, -0.05) is 48.2 Å². The van der Waals surface area contributed by atoms with Crippen molar-refractivity contribution in [3.8, 4) is 5.75 Å². The Morgan fingerprint density at radius 2 is 1.32 bits per heavy atom. The Balaban J connectivity index is 1.57. The molecule has 4 aromatic carbocycles. The number of rotatable bonds is 4. The van der Waals surface area contributed by atoms with Crippen molar-refractivity contribution in [2.75, 3.05) is 5.32 Å². The SMILES string of the molecule is O=C1c2cc(Sc3ccccc3)ccc2C(=O)c2c(Nc3ccccc3)ccc(O)c21. The topological polar surface area (TPSA) is 66.4 Å². The van der Waals surface area contributed by atoms with Gasteiger partial charge in [0.25, 0.3) is 0 Å². The second kappa shape index (κ2) is 7.78. The molecule has 0 spiro atoms. The first-order chi connectivity index (χ1) is 15.1. The molecule has 0 aromatic heterocycles. The van der Waals surface area contributed by atoms with Crippen LogP contribution < -0.4 is 5.32 Å². The summed E-state index contributed by atoms with van der Waals surface area (Å²) in [5.41, 5.74) is 2.18. The normalized spacial score (nSPS) is 12.3. The molecule has 2 N–H and O–H groups in total. The van der Waals surface area contributed by atoms with Crippen molar-refractivity contribution in [2.24, 2.45) is 0 Å². The summed E-state index contributed by atoms with van der Waals surface area (Å²) in [4.78, 5) is 28.6. The molecule has 0 fully saturated rings. The summed E-state index contributed by atoms with van der Waals surface area (Å²) in [5, 5.41) is 13.7. The summed E-state index contributed by atoms with van der Waals surface area (Å²) in [6.07, 6.45) is 0. The van der Waals surface area contributed by atoms with Crippen molar-refractivity contribution >= 4 is 34.7 Å². The summed E-state index contributed by atoms with van der Waals surface area (Å²) in [5.74, 6) is -0.830. The van der Waals surface area contributed by atoms with Crippen LogP contribution in [0.25, 0.3) is 0 Å². The smallest absolute Gasteiger partial charge is 0.198 e. The Bertz CT molecular complexity index is 1320. The van der Waals surface area contributed by atoms with Crippen LogP contribution in [0.15, 0.2) is 101 Å². The molecule has 5 rings (SSSR count). The molecule has 0 unspecified atom stereocenters. The first-order valence-corrected chi connectivity index (χ1v) is 10.6. The van der Waals surface area contributed by atoms with Crippen LogP contribution in [-0.2, 0) is 0 Å². The lowest BCUT2D eigenvalue weighted by Gasteiger charge is -2.22. The lowest BCUT2D eigenvalue weighted by Crippen LogP contribution is -2.22. The van der Waals surface area contributed by atoms with E-state index in [1.165, 1.54) is 17.8 Å². The van der Waals surface area contributed by atoms with Crippen molar-refractivity contribution in [1.82, 2.24) is 0 Å². The van der Waals surface area contributed by atoms with Gasteiger partial charge in [0.2, 0.25) is 0 Å². The first kappa shape index (κ1) is 19.2. The van der Waals surface area contributed by atoms with Gasteiger partial charge in [-0.2, -0.15) is 0 Å². The van der Waals surface area contributed by atoms with Crippen molar-refractivity contribution in [3.05, 3.63) is 113 Å². The highest BCUT2D eigenvalue weighted by Gasteiger charge is 2.34. The van der Waals surface area contributed by atoms with Crippen LogP contribution in [0.5, 0.6) is 5.75 Å². The van der Waals surface area contributed by atoms with E-state index < -0.39 is 0 Å². The Morgan fingerprint density at radius 3 is 2.06 bits per heavy atom. The lowest BCUT2D eigenvalue weighted by molar-refractivity contribution is 0.0977. The number of nitrogens with one attached hydrogen (secondary N) is 1. The van der Waals surface area contributed by atoms with E-state index in [0.29, 0.717) is 16.8 Å². The molecule has 4 nitrogen and oxygen atoms in total. The molecule has 0 heterocycles. The quantitative estimate of drug-likeness (QED) is 0.344. The van der Waals surface area contributed by atoms with Gasteiger partial charge in [0.1, 0.15) is 5.75 Å². The maximum Gasteiger partial charge on any atom is 0.198 e. The molecule has 0 amide bonds. The lowest BCUT2D eigenvalue weighted by atomic mass is 9.82. The summed E-state index contributed by atoms with van der Waals surface area (Å²) < 4.78 is 0. The van der Waals surface area contributed by atoms with Crippen LogP contribution in [0.2, 0.25) is 0 Å². The van der Waals surface area contributed by atoms with E-state index in [4.69, 9.17) is 0 Å². The van der Waals surface area contributed by atoms with E-state index in [1.807, 2.05) is 66.7 Å². The monoisotopic (exact) mass is 423 g/mol. The van der Waals surface area contributed by atoms with Gasteiger partial charge < -0.3 is 10.4 Å². The number of para-hydroxylation sites is 1. The van der Waals surface area contributed by atoms with E-state index in [2.05, 4.69) is 5.32 Å². The molecule has 0 aliphatic heterocycles. The van der Waals surface area contributed by atoms with Gasteiger partial charge in [0.05, 0.1) is 16.8 Å². The average Bonchev–Trinajstić information content (AvgIpc) is 2.80. The molecular weight excluding hydrogens is 406 g/mol. The average molecular weight is 423 g/mol. The molecular formula is C26H17NO3S. The van der Waals surface area contributed by atoms with E-state index in [-0.39, 0.29) is 28.4 Å². The van der Waals surface area contributed by atoms with Gasteiger partial charge in [-0.25, -0.2) is 0 Å². The third-order valence-corrected chi connectivity index (χ3v) is 6.15. The molecule has 0 bridgehead atoms. The predicted octanol–water partition coefficient (Wildman–Crippen LogP) is 6.06. The molecule has 150 valence electrons. The maximum absolute atomic E-state index is 13.4. The number of anilines is 2. The van der Waals surface area contributed by atoms with Crippen molar-refractivity contribution in [2.45, 2.75) is 9.79 Å². The number of aromatic hydroxyl groups is 1. The highest BCUT2D eigenvalue weighted by Crippen LogP contribution is 2.39. The van der Waals surface area contributed by atoms with Crippen molar-refractivity contribution < 1.29 is 14.7 Å². The number of phenolic OH excluding ortho intramolecular Hbond substituents is 1. The van der Waals surface area contributed by atoms with Crippen LogP contribution in [0.1, 0.15) is 31.8 Å². The molecule has 0 atom stereocenters. The highest BCUT2D eigenvalue weighted by molar-refractivity contribution is 7.99. The number of benzene rings is 4. The Morgan fingerprint density at radius 1 is 0.645 bits per heavy atom. The van der Waals surface area contributed by atoms with Crippen molar-refractivity contribution in [1.29, 1.82) is 0 Å². The fraction of sp³-hybridized carbons (Fsp3) is 0. The molecule has 1 aliphatic carbocycles. The third kappa shape index (κ3) is 3.49. The van der Waals surface area contributed by atoms with Gasteiger partial charge in [-0.3, -0.25) is 9.59 Å². The predicted molar refractivity (Wildman–Crippen MR) is 122 cm³/mol. The minimum Gasteiger partial charge on any atom is -0.507 e. The van der Waals surface area contributed by atoms with Crippen LogP contribution in [0, 0.1) is 0 Å². The number of hydrogen-bond donors (Lipinski definition) is 2.